The molecule has 0 heterocycles. The molecule has 0 aliphatic rings. The third kappa shape index (κ3) is 2.47. The van der Waals surface area contributed by atoms with Crippen molar-refractivity contribution < 1.29 is 18.1 Å². The van der Waals surface area contributed by atoms with E-state index in [9.17, 15) is 9.00 Å². The quantitative estimate of drug-likeness (QED) is 0.746. The summed E-state index contributed by atoms with van der Waals surface area (Å²) in [5, 5.41) is -1.15. The lowest BCUT2D eigenvalue weighted by molar-refractivity contribution is 0.104. The normalized spacial score (nSPS) is 14.4. The van der Waals surface area contributed by atoms with Crippen LogP contribution >= 0.6 is 0 Å². The average molecular weight is 216 g/mol. The van der Waals surface area contributed by atoms with E-state index in [1.807, 2.05) is 6.92 Å². The molecule has 4 nitrogen and oxygen atoms in total. The molecule has 0 aliphatic carbocycles. The van der Waals surface area contributed by atoms with Crippen LogP contribution in [0.5, 0.6) is 0 Å². The summed E-state index contributed by atoms with van der Waals surface area (Å²) in [5.41, 5.74) is 0.956. The maximum atomic E-state index is 11.3. The molecular formula is C9H12O4S. The van der Waals surface area contributed by atoms with E-state index in [4.69, 9.17) is 9.11 Å². The van der Waals surface area contributed by atoms with Crippen LogP contribution in [0.15, 0.2) is 24.3 Å². The van der Waals surface area contributed by atoms with Gasteiger partial charge in [0.05, 0.1) is 0 Å². The van der Waals surface area contributed by atoms with E-state index in [0.29, 0.717) is 6.26 Å². The number of aryl methyl sites for hydroxylation is 1. The molecule has 0 fully saturated rings. The van der Waals surface area contributed by atoms with Gasteiger partial charge in [0, 0.05) is 11.8 Å². The van der Waals surface area contributed by atoms with Gasteiger partial charge < -0.3 is 9.11 Å². The average Bonchev–Trinajstić information content (AvgIpc) is 2.01. The monoisotopic (exact) mass is 216 g/mol. The third-order valence-electron chi connectivity index (χ3n) is 1.71. The fourth-order valence-corrected chi connectivity index (χ4v) is 1.64. The molecule has 0 saturated heterocycles. The summed E-state index contributed by atoms with van der Waals surface area (Å²) < 4.78 is 29.2. The van der Waals surface area contributed by atoms with Gasteiger partial charge in [0.1, 0.15) is 9.63 Å². The maximum absolute atomic E-state index is 11.3. The second kappa shape index (κ2) is 2.98. The molecule has 0 amide bonds. The van der Waals surface area contributed by atoms with Crippen molar-refractivity contribution in [2.24, 2.45) is 0 Å². The Bertz CT molecular complexity index is 416. The first-order chi connectivity index (χ1) is 6.17. The molecule has 14 heavy (non-hydrogen) atoms. The summed E-state index contributed by atoms with van der Waals surface area (Å²) in [7, 11) is -5.13. The molecule has 1 aromatic rings. The Kier molecular flexibility index (Phi) is 2.35. The molecular weight excluding hydrogens is 204 g/mol. The van der Waals surface area contributed by atoms with Crippen LogP contribution in [-0.2, 0) is 9.63 Å². The van der Waals surface area contributed by atoms with Crippen LogP contribution in [0.25, 0.3) is 0 Å². The van der Waals surface area contributed by atoms with E-state index in [0.717, 1.165) is 5.56 Å². The topological polar surface area (TPSA) is 74.6 Å². The lowest BCUT2D eigenvalue weighted by Gasteiger charge is -2.22. The smallest absolute Gasteiger partial charge is 0.272 e. The number of hydrogen-bond acceptors (Lipinski definition) is 2. The first-order valence-corrected chi connectivity index (χ1v) is 6.21. The Morgan fingerprint density at radius 2 is 1.64 bits per heavy atom. The van der Waals surface area contributed by atoms with E-state index in [1.165, 1.54) is 12.1 Å². The summed E-state index contributed by atoms with van der Waals surface area (Å²) in [6.07, 6.45) is 0.624. The van der Waals surface area contributed by atoms with E-state index in [2.05, 4.69) is 0 Å². The van der Waals surface area contributed by atoms with Crippen LogP contribution in [-0.4, -0.2) is 24.7 Å². The first kappa shape index (κ1) is 11.0. The van der Waals surface area contributed by atoms with Crippen molar-refractivity contribution in [2.75, 3.05) is 6.26 Å². The number of rotatable bonds is 1. The Morgan fingerprint density at radius 3 is 2.00 bits per heavy atom. The van der Waals surface area contributed by atoms with Gasteiger partial charge in [0.2, 0.25) is 0 Å². The molecule has 0 aliphatic heterocycles. The predicted molar refractivity (Wildman–Crippen MR) is 54.8 cm³/mol. The fourth-order valence-electron chi connectivity index (χ4n) is 0.961. The van der Waals surface area contributed by atoms with Crippen LogP contribution in [0.3, 0.4) is 0 Å². The van der Waals surface area contributed by atoms with Crippen molar-refractivity contribution in [3.05, 3.63) is 35.4 Å². The zero-order valence-corrected chi connectivity index (χ0v) is 8.75. The minimum atomic E-state index is -5.13. The molecule has 1 aromatic carbocycles. The SMILES string of the molecule is Cc1ccc(C(=O)S(C)(=O)(O)O)cc1. The molecule has 5 heteroatoms. The van der Waals surface area contributed by atoms with Gasteiger partial charge in [-0.2, -0.15) is 0 Å². The Hall–Kier alpha value is -1.04. The van der Waals surface area contributed by atoms with Gasteiger partial charge in [-0.3, -0.25) is 4.79 Å². The van der Waals surface area contributed by atoms with Crippen LogP contribution in [0.4, 0.5) is 0 Å². The summed E-state index contributed by atoms with van der Waals surface area (Å²) in [6, 6.07) is 6.07. The summed E-state index contributed by atoms with van der Waals surface area (Å²) in [6.45, 7) is 1.83. The largest absolute Gasteiger partial charge is 0.302 e. The second-order valence-corrected chi connectivity index (χ2v) is 6.22. The molecule has 0 saturated carbocycles. The highest BCUT2D eigenvalue weighted by atomic mass is 32.3. The number of carbonyl (C=O) groups is 1. The Labute approximate surface area is 82.0 Å². The van der Waals surface area contributed by atoms with Crippen LogP contribution in [0.1, 0.15) is 15.9 Å². The number of benzene rings is 1. The molecule has 0 aromatic heterocycles. The highest BCUT2D eigenvalue weighted by Crippen LogP contribution is 2.19. The summed E-state index contributed by atoms with van der Waals surface area (Å²) in [5.74, 6) is 0. The zero-order chi connectivity index (χ0) is 11.0. The highest BCUT2D eigenvalue weighted by molar-refractivity contribution is 8.23. The fraction of sp³-hybridized carbons (Fsp3) is 0.222. The van der Waals surface area contributed by atoms with Crippen molar-refractivity contribution in [1.82, 2.24) is 0 Å². The van der Waals surface area contributed by atoms with Gasteiger partial charge in [-0.25, -0.2) is 4.21 Å². The van der Waals surface area contributed by atoms with Gasteiger partial charge in [0.25, 0.3) is 5.12 Å². The number of carbonyl (C=O) groups excluding carboxylic acids is 1. The van der Waals surface area contributed by atoms with E-state index >= 15 is 0 Å². The molecule has 78 valence electrons. The van der Waals surface area contributed by atoms with Crippen molar-refractivity contribution in [3.63, 3.8) is 0 Å². The summed E-state index contributed by atoms with van der Waals surface area (Å²) >= 11 is 0. The van der Waals surface area contributed by atoms with Crippen LogP contribution in [0.2, 0.25) is 0 Å². The van der Waals surface area contributed by atoms with Gasteiger partial charge in [-0.1, -0.05) is 29.8 Å². The van der Waals surface area contributed by atoms with E-state index < -0.39 is 14.7 Å². The highest BCUT2D eigenvalue weighted by Gasteiger charge is 2.34. The predicted octanol–water partition coefficient (Wildman–Crippen LogP) is 1.53. The van der Waals surface area contributed by atoms with Crippen molar-refractivity contribution in [2.45, 2.75) is 6.92 Å². The third-order valence-corrected chi connectivity index (χ3v) is 2.80. The van der Waals surface area contributed by atoms with Crippen molar-refractivity contribution in [1.29, 1.82) is 0 Å². The standard InChI is InChI=1S/C9H12O4S/c1-7-3-5-8(6-4-7)9(10)14(2,11,12)13/h3-6H,1-2H3,(H2,11,12,13). The molecule has 0 bridgehead atoms. The molecule has 0 atom stereocenters. The minimum absolute atomic E-state index is 0.0279. The lowest BCUT2D eigenvalue weighted by atomic mass is 10.2. The van der Waals surface area contributed by atoms with Crippen molar-refractivity contribution >= 4 is 14.7 Å². The van der Waals surface area contributed by atoms with Gasteiger partial charge in [0.15, 0.2) is 0 Å². The Morgan fingerprint density at radius 1 is 1.21 bits per heavy atom. The maximum Gasteiger partial charge on any atom is 0.272 e. The molecule has 0 radical (unpaired) electrons. The van der Waals surface area contributed by atoms with E-state index in [-0.39, 0.29) is 5.56 Å². The van der Waals surface area contributed by atoms with Gasteiger partial charge in [-0.05, 0) is 6.92 Å². The molecule has 2 N–H and O–H groups in total. The Balaban J connectivity index is 3.16. The second-order valence-electron chi connectivity index (χ2n) is 3.39. The van der Waals surface area contributed by atoms with Crippen molar-refractivity contribution in [3.8, 4) is 0 Å². The molecule has 0 spiro atoms. The number of hydrogen-bond donors (Lipinski definition) is 2. The van der Waals surface area contributed by atoms with Crippen LogP contribution < -0.4 is 0 Å². The lowest BCUT2D eigenvalue weighted by Crippen LogP contribution is -2.38. The van der Waals surface area contributed by atoms with Gasteiger partial charge in [-0.15, -0.1) is 0 Å². The van der Waals surface area contributed by atoms with Crippen LogP contribution in [0, 0.1) is 6.92 Å². The molecule has 0 unspecified atom stereocenters. The first-order valence-electron chi connectivity index (χ1n) is 3.92. The minimum Gasteiger partial charge on any atom is -0.302 e. The van der Waals surface area contributed by atoms with Gasteiger partial charge >= 0.3 is 0 Å². The van der Waals surface area contributed by atoms with E-state index in [1.54, 1.807) is 12.1 Å². The summed E-state index contributed by atoms with van der Waals surface area (Å²) in [4.78, 5) is 11.3. The zero-order valence-electron chi connectivity index (χ0n) is 7.93. The molecule has 1 rings (SSSR count).